The van der Waals surface area contributed by atoms with E-state index in [0.29, 0.717) is 0 Å². The number of esters is 1. The second-order valence-electron chi connectivity index (χ2n) is 7.04. The second-order valence-corrected chi connectivity index (χ2v) is 9.03. The minimum atomic E-state index is -5.03. The van der Waals surface area contributed by atoms with Crippen LogP contribution in [-0.2, 0) is 23.6 Å². The summed E-state index contributed by atoms with van der Waals surface area (Å²) in [5.41, 5.74) is 3.83. The van der Waals surface area contributed by atoms with Crippen molar-refractivity contribution in [1.82, 2.24) is 19.5 Å². The monoisotopic (exact) mass is 481 g/mol. The number of imidazole rings is 1. The number of nitrogens with zero attached hydrogens (tertiary/aromatic N) is 4. The summed E-state index contributed by atoms with van der Waals surface area (Å²) in [7, 11) is -5.03. The highest BCUT2D eigenvalue weighted by Crippen LogP contribution is 2.62. The summed E-state index contributed by atoms with van der Waals surface area (Å²) in [4.78, 5) is 42.1. The predicted molar refractivity (Wildman–Crippen MR) is 101 cm³/mol. The fourth-order valence-corrected chi connectivity index (χ4v) is 4.50. The molecule has 16 heteroatoms. The van der Waals surface area contributed by atoms with Crippen molar-refractivity contribution < 1.29 is 42.9 Å². The van der Waals surface area contributed by atoms with Crippen LogP contribution in [0.1, 0.15) is 13.0 Å². The van der Waals surface area contributed by atoms with Crippen LogP contribution in [0.15, 0.2) is 6.33 Å². The van der Waals surface area contributed by atoms with E-state index in [-0.39, 0.29) is 28.9 Å². The maximum atomic E-state index is 15.5. The number of hydrogen-bond acceptors (Lipinski definition) is 10. The van der Waals surface area contributed by atoms with E-state index in [4.69, 9.17) is 26.8 Å². The zero-order chi connectivity index (χ0) is 22.7. The lowest BCUT2D eigenvalue weighted by molar-refractivity contribution is -0.155. The zero-order valence-corrected chi connectivity index (χ0v) is 17.5. The lowest BCUT2D eigenvalue weighted by Gasteiger charge is -2.24. The number of aliphatic hydroxyl groups excluding tert-OH is 1. The number of ether oxygens (including phenoxy) is 3. The van der Waals surface area contributed by atoms with E-state index >= 15 is 4.39 Å². The third kappa shape index (κ3) is 3.57. The molecule has 2 unspecified atom stereocenters. The Morgan fingerprint density at radius 2 is 2.23 bits per heavy atom. The first-order chi connectivity index (χ1) is 14.5. The van der Waals surface area contributed by atoms with Crippen LogP contribution in [0.2, 0.25) is 5.28 Å². The maximum absolute atomic E-state index is 15.5. The average Bonchev–Trinajstić information content (AvgIpc) is 2.93. The molecule has 1 saturated heterocycles. The molecule has 31 heavy (non-hydrogen) atoms. The summed E-state index contributed by atoms with van der Waals surface area (Å²) < 4.78 is 43.3. The van der Waals surface area contributed by atoms with Gasteiger partial charge in [0.15, 0.2) is 17.1 Å². The van der Waals surface area contributed by atoms with Crippen molar-refractivity contribution in [3.8, 4) is 0 Å². The van der Waals surface area contributed by atoms with Crippen molar-refractivity contribution in [3.63, 3.8) is 0 Å². The number of aromatic nitrogens is 4. The number of alkyl halides is 1. The third-order valence-electron chi connectivity index (χ3n) is 5.13. The molecule has 0 radical (unpaired) electrons. The number of rotatable bonds is 7. The van der Waals surface area contributed by atoms with Gasteiger partial charge in [-0.15, -0.1) is 0 Å². The van der Waals surface area contributed by atoms with Crippen LogP contribution in [0.3, 0.4) is 0 Å². The lowest BCUT2D eigenvalue weighted by atomic mass is 10.1. The van der Waals surface area contributed by atoms with Crippen LogP contribution in [-0.4, -0.2) is 83.4 Å². The van der Waals surface area contributed by atoms with E-state index in [2.05, 4.69) is 19.7 Å². The summed E-state index contributed by atoms with van der Waals surface area (Å²) in [5, 5.41) is 10.3. The summed E-state index contributed by atoms with van der Waals surface area (Å²) in [5.74, 6) is -3.49. The fourth-order valence-electron chi connectivity index (χ4n) is 3.70. The van der Waals surface area contributed by atoms with Crippen LogP contribution in [0.25, 0.3) is 11.2 Å². The smallest absolute Gasteiger partial charge is 0.365 e. The molecule has 170 valence electrons. The standard InChI is InChI=1S/C15H18ClFN5O8P/c1-2-28-12(24)13(31(25,26)27)29-3-5-8(23)15(17)7(9(15)30-5)22-4-19-6-10(18)20-14(16)21-11(6)22/h4-5,7-9,13,23H,2-3H2,1H3,(H2,18,20,21)(H2,25,26,27)/t5-,7?,8-,9+,13?,15+/m1/s1. The summed E-state index contributed by atoms with van der Waals surface area (Å²) in [6.45, 7) is 0.663. The van der Waals surface area contributed by atoms with Gasteiger partial charge in [0.2, 0.25) is 5.28 Å². The van der Waals surface area contributed by atoms with Crippen molar-refractivity contribution in [1.29, 1.82) is 0 Å². The van der Waals surface area contributed by atoms with Gasteiger partial charge < -0.3 is 39.4 Å². The average molecular weight is 482 g/mol. The Balaban J connectivity index is 1.49. The molecule has 2 aliphatic rings. The summed E-state index contributed by atoms with van der Waals surface area (Å²) in [6.07, 6.45) is -2.87. The largest absolute Gasteiger partial charge is 0.464 e. The SMILES string of the molecule is CCOC(=O)C(OC[C@H]1O[C@H]2C(n3cnc4c(N)nc(Cl)nc43)[C@]2(F)[C@@H]1O)P(=O)(O)O. The molecule has 1 aliphatic carbocycles. The summed E-state index contributed by atoms with van der Waals surface area (Å²) >= 11 is 5.80. The number of halogens is 2. The van der Waals surface area contributed by atoms with Crippen molar-refractivity contribution in [2.75, 3.05) is 18.9 Å². The van der Waals surface area contributed by atoms with Crippen LogP contribution < -0.4 is 5.73 Å². The number of aliphatic hydroxyl groups is 1. The van der Waals surface area contributed by atoms with Gasteiger partial charge >= 0.3 is 13.6 Å². The maximum Gasteiger partial charge on any atom is 0.365 e. The lowest BCUT2D eigenvalue weighted by Crippen LogP contribution is -2.40. The molecular weight excluding hydrogens is 464 g/mol. The van der Waals surface area contributed by atoms with Crippen LogP contribution in [0.4, 0.5) is 10.2 Å². The van der Waals surface area contributed by atoms with Crippen molar-refractivity contribution >= 4 is 42.1 Å². The van der Waals surface area contributed by atoms with Crippen molar-refractivity contribution in [2.45, 2.75) is 42.8 Å². The van der Waals surface area contributed by atoms with Crippen LogP contribution in [0.5, 0.6) is 0 Å². The molecule has 2 aromatic rings. The molecule has 2 aromatic heterocycles. The number of hydrogen-bond donors (Lipinski definition) is 4. The van der Waals surface area contributed by atoms with E-state index in [9.17, 15) is 24.3 Å². The van der Waals surface area contributed by atoms with Gasteiger partial charge in [-0.1, -0.05) is 0 Å². The van der Waals surface area contributed by atoms with Crippen LogP contribution >= 0.6 is 19.2 Å². The molecule has 0 amide bonds. The third-order valence-corrected chi connectivity index (χ3v) is 6.27. The Morgan fingerprint density at radius 1 is 1.52 bits per heavy atom. The van der Waals surface area contributed by atoms with Gasteiger partial charge in [-0.3, -0.25) is 4.57 Å². The molecule has 3 heterocycles. The van der Waals surface area contributed by atoms with E-state index in [0.717, 1.165) is 0 Å². The van der Waals surface area contributed by atoms with E-state index in [1.54, 1.807) is 0 Å². The first kappa shape index (κ1) is 22.3. The van der Waals surface area contributed by atoms with Crippen molar-refractivity contribution in [3.05, 3.63) is 11.6 Å². The van der Waals surface area contributed by atoms with Crippen molar-refractivity contribution in [2.24, 2.45) is 0 Å². The molecule has 6 atom stereocenters. The number of anilines is 1. The highest BCUT2D eigenvalue weighted by atomic mass is 35.5. The molecule has 0 bridgehead atoms. The quantitative estimate of drug-likeness (QED) is 0.226. The highest BCUT2D eigenvalue weighted by Gasteiger charge is 2.79. The topological polar surface area (TPSA) is 192 Å². The highest BCUT2D eigenvalue weighted by molar-refractivity contribution is 7.53. The van der Waals surface area contributed by atoms with Gasteiger partial charge in [-0.25, -0.2) is 14.2 Å². The van der Waals surface area contributed by atoms with E-state index in [1.807, 2.05) is 0 Å². The molecule has 13 nitrogen and oxygen atoms in total. The molecule has 1 saturated carbocycles. The Bertz CT molecular complexity index is 1080. The Morgan fingerprint density at radius 3 is 2.81 bits per heavy atom. The molecular formula is C15H18ClFN5O8P. The van der Waals surface area contributed by atoms with Gasteiger partial charge in [0.05, 0.1) is 19.5 Å². The van der Waals surface area contributed by atoms with Gasteiger partial charge in [-0.2, -0.15) is 9.97 Å². The van der Waals surface area contributed by atoms with Gasteiger partial charge in [0, 0.05) is 0 Å². The summed E-state index contributed by atoms with van der Waals surface area (Å²) in [6, 6.07) is -1.00. The minimum Gasteiger partial charge on any atom is -0.464 e. The normalized spacial score (nSPS) is 30.9. The molecule has 1 aliphatic heterocycles. The molecule has 2 fully saturated rings. The molecule has 0 aromatic carbocycles. The first-order valence-electron chi connectivity index (χ1n) is 9.01. The Kier molecular flexibility index (Phi) is 5.45. The Hall–Kier alpha value is -1.93. The number of fused-ring (bicyclic) bond motifs is 2. The number of nitrogen functional groups attached to an aromatic ring is 1. The predicted octanol–water partition coefficient (Wildman–Crippen LogP) is -0.463. The second kappa shape index (κ2) is 7.59. The minimum absolute atomic E-state index is 0.00246. The van der Waals surface area contributed by atoms with Crippen LogP contribution in [0, 0.1) is 0 Å². The fraction of sp³-hybridized carbons (Fsp3) is 0.600. The molecule has 0 spiro atoms. The number of nitrogens with two attached hydrogens (primary N) is 1. The number of carbonyl (C=O) groups excluding carboxylic acids is 1. The van der Waals surface area contributed by atoms with E-state index < -0.39 is 56.0 Å². The Labute approximate surface area is 178 Å². The number of carbonyl (C=O) groups is 1. The zero-order valence-electron chi connectivity index (χ0n) is 15.8. The van der Waals surface area contributed by atoms with Gasteiger partial charge in [-0.05, 0) is 18.5 Å². The molecule has 4 rings (SSSR count). The van der Waals surface area contributed by atoms with Gasteiger partial charge in [0.25, 0.3) is 5.85 Å². The molecule has 5 N–H and O–H groups in total. The van der Waals surface area contributed by atoms with Gasteiger partial charge in [0.1, 0.15) is 29.9 Å². The van der Waals surface area contributed by atoms with E-state index in [1.165, 1.54) is 17.8 Å². The first-order valence-corrected chi connectivity index (χ1v) is 11.1.